The van der Waals surface area contributed by atoms with Crippen molar-refractivity contribution in [1.29, 1.82) is 0 Å². The van der Waals surface area contributed by atoms with Crippen molar-refractivity contribution in [3.8, 4) is 0 Å². The molecule has 0 radical (unpaired) electrons. The minimum Gasteiger partial charge on any atom is -0.466 e. The summed E-state index contributed by atoms with van der Waals surface area (Å²) >= 11 is 0. The molecule has 1 unspecified atom stereocenters. The van der Waals surface area contributed by atoms with E-state index in [0.717, 1.165) is 29.4 Å². The SMILES string of the molecule is CCOC(=O)Cc1nn(C(C)C2CCN(C(=O)OC(C)(C)C)CC2)c2ccccc12. The molecule has 3 rings (SSSR count). The highest BCUT2D eigenvalue weighted by Gasteiger charge is 2.31. The predicted octanol–water partition coefficient (Wildman–Crippen LogP) is 4.35. The molecule has 2 aromatic rings. The topological polar surface area (TPSA) is 73.7 Å². The molecule has 0 spiro atoms. The van der Waals surface area contributed by atoms with Gasteiger partial charge in [-0.05, 0) is 59.4 Å². The predicted molar refractivity (Wildman–Crippen MR) is 115 cm³/mol. The fraction of sp³-hybridized carbons (Fsp3) is 0.609. The van der Waals surface area contributed by atoms with E-state index in [-0.39, 0.29) is 24.5 Å². The van der Waals surface area contributed by atoms with Crippen LogP contribution >= 0.6 is 0 Å². The van der Waals surface area contributed by atoms with Gasteiger partial charge in [0, 0.05) is 18.5 Å². The fourth-order valence-corrected chi connectivity index (χ4v) is 4.04. The molecule has 7 nitrogen and oxygen atoms in total. The normalized spacial score (nSPS) is 16.5. The van der Waals surface area contributed by atoms with Crippen LogP contribution < -0.4 is 0 Å². The number of hydrogen-bond donors (Lipinski definition) is 0. The first-order chi connectivity index (χ1) is 14.2. The van der Waals surface area contributed by atoms with Crippen molar-refractivity contribution >= 4 is 23.0 Å². The zero-order valence-electron chi connectivity index (χ0n) is 18.7. The number of carbonyl (C=O) groups excluding carboxylic acids is 2. The van der Waals surface area contributed by atoms with Crippen molar-refractivity contribution < 1.29 is 19.1 Å². The molecule has 1 aromatic heterocycles. The van der Waals surface area contributed by atoms with E-state index in [4.69, 9.17) is 14.6 Å². The maximum atomic E-state index is 12.3. The fourth-order valence-electron chi connectivity index (χ4n) is 4.04. The smallest absolute Gasteiger partial charge is 0.410 e. The summed E-state index contributed by atoms with van der Waals surface area (Å²) in [7, 11) is 0. The first-order valence-electron chi connectivity index (χ1n) is 10.8. The van der Waals surface area contributed by atoms with Crippen molar-refractivity contribution in [1.82, 2.24) is 14.7 Å². The number of fused-ring (bicyclic) bond motifs is 1. The van der Waals surface area contributed by atoms with Crippen molar-refractivity contribution in [3.05, 3.63) is 30.0 Å². The Kier molecular flexibility index (Phi) is 6.68. The molecule has 164 valence electrons. The second kappa shape index (κ2) is 9.06. The van der Waals surface area contributed by atoms with Gasteiger partial charge in [-0.2, -0.15) is 5.10 Å². The van der Waals surface area contributed by atoms with E-state index in [1.54, 1.807) is 11.8 Å². The number of likely N-dealkylation sites (tertiary alicyclic amines) is 1. The Balaban J connectivity index is 1.72. The molecule has 1 amide bonds. The van der Waals surface area contributed by atoms with E-state index in [1.165, 1.54) is 0 Å². The van der Waals surface area contributed by atoms with Crippen LogP contribution in [0.3, 0.4) is 0 Å². The molecule has 7 heteroatoms. The van der Waals surface area contributed by atoms with Crippen molar-refractivity contribution in [3.63, 3.8) is 0 Å². The lowest BCUT2D eigenvalue weighted by Crippen LogP contribution is -2.42. The first-order valence-corrected chi connectivity index (χ1v) is 10.8. The first kappa shape index (κ1) is 22.1. The molecule has 1 fully saturated rings. The maximum absolute atomic E-state index is 12.3. The number of amides is 1. The van der Waals surface area contributed by atoms with Crippen molar-refractivity contribution in [2.75, 3.05) is 19.7 Å². The molecule has 30 heavy (non-hydrogen) atoms. The lowest BCUT2D eigenvalue weighted by atomic mass is 9.90. The number of hydrogen-bond acceptors (Lipinski definition) is 5. The zero-order chi connectivity index (χ0) is 21.9. The highest BCUT2D eigenvalue weighted by atomic mass is 16.6. The van der Waals surface area contributed by atoms with E-state index in [2.05, 4.69) is 6.92 Å². The minimum atomic E-state index is -0.482. The molecule has 0 saturated carbocycles. The van der Waals surface area contributed by atoms with Crippen LogP contribution in [-0.2, 0) is 20.7 Å². The molecule has 1 aliphatic heterocycles. The van der Waals surface area contributed by atoms with Gasteiger partial charge in [0.05, 0.1) is 30.3 Å². The number of nitrogens with zero attached hydrogens (tertiary/aromatic N) is 3. The summed E-state index contributed by atoms with van der Waals surface area (Å²) < 4.78 is 12.7. The van der Waals surface area contributed by atoms with Gasteiger partial charge in [-0.15, -0.1) is 0 Å². The molecule has 0 aliphatic carbocycles. The third-order valence-electron chi connectivity index (χ3n) is 5.57. The van der Waals surface area contributed by atoms with Gasteiger partial charge in [0.2, 0.25) is 0 Å². The zero-order valence-corrected chi connectivity index (χ0v) is 18.7. The summed E-state index contributed by atoms with van der Waals surface area (Å²) in [4.78, 5) is 26.1. The van der Waals surface area contributed by atoms with E-state index in [0.29, 0.717) is 25.6 Å². The third-order valence-corrected chi connectivity index (χ3v) is 5.57. The summed E-state index contributed by atoms with van der Waals surface area (Å²) in [6, 6.07) is 8.17. The Morgan fingerprint density at radius 2 is 1.87 bits per heavy atom. The third kappa shape index (κ3) is 5.12. The molecule has 1 atom stereocenters. The summed E-state index contributed by atoms with van der Waals surface area (Å²) in [6.45, 7) is 11.4. The lowest BCUT2D eigenvalue weighted by Gasteiger charge is -2.35. The van der Waals surface area contributed by atoms with Crippen LogP contribution in [0.4, 0.5) is 4.79 Å². The molecule has 1 aromatic carbocycles. The van der Waals surface area contributed by atoms with Crippen molar-refractivity contribution in [2.24, 2.45) is 5.92 Å². The van der Waals surface area contributed by atoms with Gasteiger partial charge in [-0.25, -0.2) is 4.79 Å². The standard InChI is InChI=1S/C23H33N3O4/c1-6-29-21(27)15-19-18-9-7-8-10-20(18)26(24-19)16(2)17-11-13-25(14-12-17)22(28)30-23(3,4)5/h7-10,16-17H,6,11-15H2,1-5H3. The summed E-state index contributed by atoms with van der Waals surface area (Å²) in [5, 5.41) is 5.79. The number of para-hydroxylation sites is 1. The maximum Gasteiger partial charge on any atom is 0.410 e. The van der Waals surface area contributed by atoms with Gasteiger partial charge < -0.3 is 14.4 Å². The number of aromatic nitrogens is 2. The number of ether oxygens (including phenoxy) is 2. The van der Waals surface area contributed by atoms with Gasteiger partial charge in [0.15, 0.2) is 0 Å². The van der Waals surface area contributed by atoms with Gasteiger partial charge in [0.25, 0.3) is 0 Å². The summed E-state index contributed by atoms with van der Waals surface area (Å²) in [5.41, 5.74) is 1.30. The van der Waals surface area contributed by atoms with E-state index in [9.17, 15) is 9.59 Å². The van der Waals surface area contributed by atoms with E-state index >= 15 is 0 Å². The Hall–Kier alpha value is -2.57. The molecule has 2 heterocycles. The Labute approximate surface area is 178 Å². The van der Waals surface area contributed by atoms with Crippen LogP contribution in [-0.4, -0.2) is 52.0 Å². The average Bonchev–Trinajstić information content (AvgIpc) is 3.05. The number of benzene rings is 1. The second-order valence-electron chi connectivity index (χ2n) is 8.94. The molecule has 0 bridgehead atoms. The van der Waals surface area contributed by atoms with Gasteiger partial charge in [0.1, 0.15) is 5.60 Å². The van der Waals surface area contributed by atoms with Gasteiger partial charge in [-0.3, -0.25) is 9.48 Å². The van der Waals surface area contributed by atoms with E-state index in [1.807, 2.05) is 49.7 Å². The minimum absolute atomic E-state index is 0.159. The Morgan fingerprint density at radius 3 is 2.50 bits per heavy atom. The molecular formula is C23H33N3O4. The molecule has 1 aliphatic rings. The van der Waals surface area contributed by atoms with Crippen LogP contribution in [0.5, 0.6) is 0 Å². The highest BCUT2D eigenvalue weighted by molar-refractivity contribution is 5.86. The van der Waals surface area contributed by atoms with Crippen LogP contribution in [0.15, 0.2) is 24.3 Å². The largest absolute Gasteiger partial charge is 0.466 e. The van der Waals surface area contributed by atoms with Crippen LogP contribution in [0, 0.1) is 5.92 Å². The number of esters is 1. The van der Waals surface area contributed by atoms with Crippen LogP contribution in [0.1, 0.15) is 59.2 Å². The Bertz CT molecular complexity index is 891. The van der Waals surface area contributed by atoms with Crippen molar-refractivity contribution in [2.45, 2.75) is 65.5 Å². The van der Waals surface area contributed by atoms with Gasteiger partial charge in [-0.1, -0.05) is 18.2 Å². The van der Waals surface area contributed by atoms with E-state index < -0.39 is 5.60 Å². The number of rotatable bonds is 5. The van der Waals surface area contributed by atoms with Crippen LogP contribution in [0.2, 0.25) is 0 Å². The van der Waals surface area contributed by atoms with Gasteiger partial charge >= 0.3 is 12.1 Å². The van der Waals surface area contributed by atoms with Crippen LogP contribution in [0.25, 0.3) is 10.9 Å². The molecule has 1 saturated heterocycles. The second-order valence-corrected chi connectivity index (χ2v) is 8.94. The quantitative estimate of drug-likeness (QED) is 0.679. The molecular weight excluding hydrogens is 382 g/mol. The lowest BCUT2D eigenvalue weighted by molar-refractivity contribution is -0.142. The summed E-state index contributed by atoms with van der Waals surface area (Å²) in [5.74, 6) is 0.133. The summed E-state index contributed by atoms with van der Waals surface area (Å²) in [6.07, 6.45) is 1.71. The average molecular weight is 416 g/mol. The number of piperidine rings is 1. The molecule has 0 N–H and O–H groups in total. The monoisotopic (exact) mass is 415 g/mol. The Morgan fingerprint density at radius 1 is 1.20 bits per heavy atom. The highest BCUT2D eigenvalue weighted by Crippen LogP contribution is 2.32. The number of carbonyl (C=O) groups is 2.